The minimum absolute atomic E-state index is 0.000875. The van der Waals surface area contributed by atoms with E-state index >= 15 is 0 Å². The predicted molar refractivity (Wildman–Crippen MR) is 76.0 cm³/mol. The summed E-state index contributed by atoms with van der Waals surface area (Å²) in [5, 5.41) is 13.2. The molecule has 1 aliphatic heterocycles. The third kappa shape index (κ3) is 2.62. The van der Waals surface area contributed by atoms with Crippen LogP contribution in [0.15, 0.2) is 34.9 Å². The fourth-order valence-corrected chi connectivity index (χ4v) is 2.43. The number of methoxy groups -OCH3 is 1. The van der Waals surface area contributed by atoms with Gasteiger partial charge in [0.2, 0.25) is 11.8 Å². The first-order chi connectivity index (χ1) is 10.2. The summed E-state index contributed by atoms with van der Waals surface area (Å²) in [6.45, 7) is 0.460. The van der Waals surface area contributed by atoms with Crippen LogP contribution >= 0.6 is 0 Å². The molecule has 0 saturated carbocycles. The number of anilines is 1. The van der Waals surface area contributed by atoms with E-state index in [9.17, 15) is 4.79 Å². The van der Waals surface area contributed by atoms with Crippen molar-refractivity contribution >= 4 is 11.8 Å². The van der Waals surface area contributed by atoms with E-state index in [-0.39, 0.29) is 18.4 Å². The van der Waals surface area contributed by atoms with Gasteiger partial charge >= 0.3 is 0 Å². The molecule has 1 atom stereocenters. The van der Waals surface area contributed by atoms with Gasteiger partial charge in [-0.2, -0.15) is 0 Å². The monoisotopic (exact) mass is 288 g/mol. The van der Waals surface area contributed by atoms with Crippen molar-refractivity contribution in [2.24, 2.45) is 5.92 Å². The Balaban J connectivity index is 1.85. The molecule has 6 heteroatoms. The van der Waals surface area contributed by atoms with Crippen molar-refractivity contribution in [3.8, 4) is 17.0 Å². The van der Waals surface area contributed by atoms with Crippen LogP contribution in [-0.4, -0.2) is 36.4 Å². The molecule has 6 nitrogen and oxygen atoms in total. The highest BCUT2D eigenvalue weighted by molar-refractivity contribution is 5.94. The molecule has 1 amide bonds. The fraction of sp³-hybridized carbons (Fsp3) is 0.333. The maximum atomic E-state index is 11.9. The minimum Gasteiger partial charge on any atom is -0.497 e. The van der Waals surface area contributed by atoms with Gasteiger partial charge in [-0.1, -0.05) is 17.3 Å². The van der Waals surface area contributed by atoms with Crippen molar-refractivity contribution < 1.29 is 19.2 Å². The Kier molecular flexibility index (Phi) is 3.62. The van der Waals surface area contributed by atoms with E-state index in [0.717, 1.165) is 11.3 Å². The Morgan fingerprint density at radius 2 is 2.33 bits per heavy atom. The summed E-state index contributed by atoms with van der Waals surface area (Å²) in [4.78, 5) is 13.4. The number of aliphatic hydroxyl groups excluding tert-OH is 1. The lowest BCUT2D eigenvalue weighted by Gasteiger charge is -2.10. The zero-order chi connectivity index (χ0) is 14.8. The molecule has 0 spiro atoms. The van der Waals surface area contributed by atoms with E-state index in [0.29, 0.717) is 24.5 Å². The molecule has 1 aliphatic rings. The van der Waals surface area contributed by atoms with E-state index < -0.39 is 0 Å². The second-order valence-corrected chi connectivity index (χ2v) is 5.04. The highest BCUT2D eigenvalue weighted by atomic mass is 16.5. The zero-order valence-electron chi connectivity index (χ0n) is 11.7. The van der Waals surface area contributed by atoms with Gasteiger partial charge in [-0.05, 0) is 12.1 Å². The van der Waals surface area contributed by atoms with Gasteiger partial charge < -0.3 is 14.4 Å². The number of hydrogen-bond acceptors (Lipinski definition) is 5. The maximum absolute atomic E-state index is 11.9. The Bertz CT molecular complexity index is 653. The van der Waals surface area contributed by atoms with Crippen LogP contribution in [0.4, 0.5) is 5.88 Å². The number of carbonyl (C=O) groups is 1. The van der Waals surface area contributed by atoms with Crippen molar-refractivity contribution in [3.05, 3.63) is 30.3 Å². The quantitative estimate of drug-likeness (QED) is 0.926. The normalized spacial score (nSPS) is 18.3. The molecule has 0 radical (unpaired) electrons. The van der Waals surface area contributed by atoms with Crippen LogP contribution in [0.5, 0.6) is 5.75 Å². The topological polar surface area (TPSA) is 75.8 Å². The van der Waals surface area contributed by atoms with Crippen molar-refractivity contribution in [3.63, 3.8) is 0 Å². The number of nitrogens with zero attached hydrogens (tertiary/aromatic N) is 2. The summed E-state index contributed by atoms with van der Waals surface area (Å²) < 4.78 is 10.5. The van der Waals surface area contributed by atoms with Gasteiger partial charge in [0.15, 0.2) is 0 Å². The van der Waals surface area contributed by atoms with Crippen LogP contribution < -0.4 is 9.64 Å². The SMILES string of the molecule is COc1cccc(-c2cc(N3CC(CO)CC3=O)on2)c1. The van der Waals surface area contributed by atoms with E-state index in [2.05, 4.69) is 5.16 Å². The number of aromatic nitrogens is 1. The molecule has 1 N–H and O–H groups in total. The van der Waals surface area contributed by atoms with E-state index in [1.807, 2.05) is 24.3 Å². The number of hydrogen-bond donors (Lipinski definition) is 1. The van der Waals surface area contributed by atoms with Gasteiger partial charge in [0, 0.05) is 37.1 Å². The molecule has 1 saturated heterocycles. The summed E-state index contributed by atoms with van der Waals surface area (Å²) in [6.07, 6.45) is 0.339. The summed E-state index contributed by atoms with van der Waals surface area (Å²) in [6, 6.07) is 9.19. The van der Waals surface area contributed by atoms with E-state index in [4.69, 9.17) is 14.4 Å². The first kappa shape index (κ1) is 13.6. The number of benzene rings is 1. The first-order valence-electron chi connectivity index (χ1n) is 6.73. The van der Waals surface area contributed by atoms with Crippen molar-refractivity contribution in [2.75, 3.05) is 25.2 Å². The largest absolute Gasteiger partial charge is 0.497 e. The molecular weight excluding hydrogens is 272 g/mol. The van der Waals surface area contributed by atoms with E-state index in [1.54, 1.807) is 13.2 Å². The molecular formula is C15H16N2O4. The number of aliphatic hydroxyl groups is 1. The molecule has 110 valence electrons. The molecule has 0 aliphatic carbocycles. The van der Waals surface area contributed by atoms with Crippen molar-refractivity contribution in [1.82, 2.24) is 5.16 Å². The van der Waals surface area contributed by atoms with E-state index in [1.165, 1.54) is 4.90 Å². The average Bonchev–Trinajstić information content (AvgIpc) is 3.13. The molecule has 0 bridgehead atoms. The molecule has 1 unspecified atom stereocenters. The van der Waals surface area contributed by atoms with Gasteiger partial charge in [-0.3, -0.25) is 9.69 Å². The Hall–Kier alpha value is -2.34. The van der Waals surface area contributed by atoms with Crippen LogP contribution in [0.3, 0.4) is 0 Å². The van der Waals surface area contributed by atoms with Gasteiger partial charge in [0.05, 0.1) is 7.11 Å². The molecule has 1 fully saturated rings. The average molecular weight is 288 g/mol. The fourth-order valence-electron chi connectivity index (χ4n) is 2.43. The third-order valence-corrected chi connectivity index (χ3v) is 3.59. The molecule has 2 aromatic rings. The van der Waals surface area contributed by atoms with Crippen molar-refractivity contribution in [1.29, 1.82) is 0 Å². The van der Waals surface area contributed by atoms with Crippen molar-refractivity contribution in [2.45, 2.75) is 6.42 Å². The summed E-state index contributed by atoms with van der Waals surface area (Å²) in [5.41, 5.74) is 1.50. The second kappa shape index (κ2) is 5.57. The van der Waals surface area contributed by atoms with Gasteiger partial charge in [-0.15, -0.1) is 0 Å². The summed E-state index contributed by atoms with van der Waals surface area (Å²) in [7, 11) is 1.60. The number of ether oxygens (including phenoxy) is 1. The second-order valence-electron chi connectivity index (χ2n) is 5.04. The summed E-state index contributed by atoms with van der Waals surface area (Å²) >= 11 is 0. The zero-order valence-corrected chi connectivity index (χ0v) is 11.7. The molecule has 1 aromatic carbocycles. The van der Waals surface area contributed by atoms with Crippen LogP contribution in [-0.2, 0) is 4.79 Å². The predicted octanol–water partition coefficient (Wildman–Crippen LogP) is 1.70. The maximum Gasteiger partial charge on any atom is 0.234 e. The van der Waals surface area contributed by atoms with Crippen LogP contribution in [0, 0.1) is 5.92 Å². The van der Waals surface area contributed by atoms with Gasteiger partial charge in [0.1, 0.15) is 11.4 Å². The number of carbonyl (C=O) groups excluding carboxylic acids is 1. The first-order valence-corrected chi connectivity index (χ1v) is 6.73. The standard InChI is InChI=1S/C15H16N2O4/c1-20-12-4-2-3-11(6-12)13-7-15(21-16-13)17-8-10(9-18)5-14(17)19/h2-4,6-7,10,18H,5,8-9H2,1H3. The third-order valence-electron chi connectivity index (χ3n) is 3.59. The molecule has 1 aromatic heterocycles. The molecule has 21 heavy (non-hydrogen) atoms. The Labute approximate surface area is 121 Å². The molecule has 2 heterocycles. The van der Waals surface area contributed by atoms with Crippen LogP contribution in [0.2, 0.25) is 0 Å². The minimum atomic E-state index is -0.0533. The van der Waals surface area contributed by atoms with Gasteiger partial charge in [0.25, 0.3) is 0 Å². The summed E-state index contributed by atoms with van der Waals surface area (Å²) in [5.74, 6) is 1.05. The number of amides is 1. The Morgan fingerprint density at radius 3 is 3.05 bits per heavy atom. The lowest BCUT2D eigenvalue weighted by molar-refractivity contribution is -0.117. The molecule has 3 rings (SSSR count). The highest BCUT2D eigenvalue weighted by Crippen LogP contribution is 2.30. The van der Waals surface area contributed by atoms with Gasteiger partial charge in [-0.25, -0.2) is 0 Å². The number of rotatable bonds is 4. The van der Waals surface area contributed by atoms with Crippen LogP contribution in [0.25, 0.3) is 11.3 Å². The smallest absolute Gasteiger partial charge is 0.234 e. The Morgan fingerprint density at radius 1 is 1.48 bits per heavy atom. The lowest BCUT2D eigenvalue weighted by Crippen LogP contribution is -2.24. The van der Waals surface area contributed by atoms with Crippen LogP contribution in [0.1, 0.15) is 6.42 Å². The lowest BCUT2D eigenvalue weighted by atomic mass is 10.1. The highest BCUT2D eigenvalue weighted by Gasteiger charge is 2.32.